The quantitative estimate of drug-likeness (QED) is 0.828. The van der Waals surface area contributed by atoms with E-state index in [0.29, 0.717) is 18.0 Å². The van der Waals surface area contributed by atoms with Gasteiger partial charge in [-0.05, 0) is 6.42 Å². The predicted molar refractivity (Wildman–Crippen MR) is 76.7 cm³/mol. The van der Waals surface area contributed by atoms with Gasteiger partial charge in [-0.1, -0.05) is 0 Å². The second-order valence-corrected chi connectivity index (χ2v) is 5.49. The normalized spacial score (nSPS) is 26.2. The topological polar surface area (TPSA) is 53.1 Å². The molecule has 3 heterocycles. The van der Waals surface area contributed by atoms with Gasteiger partial charge >= 0.3 is 0 Å². The van der Waals surface area contributed by atoms with Crippen molar-refractivity contribution in [1.29, 1.82) is 0 Å². The third-order valence-corrected chi connectivity index (χ3v) is 4.34. The number of morpholine rings is 1. The van der Waals surface area contributed by atoms with Crippen LogP contribution in [0.2, 0.25) is 0 Å². The Labute approximate surface area is 125 Å². The number of ether oxygens (including phenoxy) is 4. The highest BCUT2D eigenvalue weighted by atomic mass is 16.5. The van der Waals surface area contributed by atoms with Crippen LogP contribution in [-0.4, -0.2) is 62.6 Å². The summed E-state index contributed by atoms with van der Waals surface area (Å²) in [6.07, 6.45) is 2.76. The lowest BCUT2D eigenvalue weighted by atomic mass is 9.95. The maximum Gasteiger partial charge on any atom is 0.183 e. The molecule has 0 saturated carbocycles. The molecular weight excluding hydrogens is 272 g/mol. The lowest BCUT2D eigenvalue weighted by molar-refractivity contribution is -0.0756. The van der Waals surface area contributed by atoms with E-state index in [-0.39, 0.29) is 5.54 Å². The minimum atomic E-state index is -0.0198. The Hall–Kier alpha value is -1.37. The van der Waals surface area contributed by atoms with Crippen LogP contribution in [0.4, 0.5) is 0 Å². The molecule has 6 nitrogen and oxygen atoms in total. The zero-order valence-corrected chi connectivity index (χ0v) is 12.6. The summed E-state index contributed by atoms with van der Waals surface area (Å²) < 4.78 is 22.1. The molecule has 1 atom stereocenters. The number of aromatic nitrogens is 1. The van der Waals surface area contributed by atoms with Gasteiger partial charge in [0.1, 0.15) is 5.69 Å². The van der Waals surface area contributed by atoms with E-state index in [0.717, 1.165) is 45.1 Å². The lowest BCUT2D eigenvalue weighted by Gasteiger charge is -2.43. The number of pyridine rings is 1. The van der Waals surface area contributed by atoms with Crippen LogP contribution >= 0.6 is 0 Å². The number of rotatable bonds is 4. The molecule has 0 N–H and O–H groups in total. The van der Waals surface area contributed by atoms with Crippen molar-refractivity contribution >= 4 is 0 Å². The highest BCUT2D eigenvalue weighted by Gasteiger charge is 2.43. The standard InChI is InChI=1S/C15H22N2O4/c1-18-13-3-5-16-12(14(13)19-2)9-17-6-8-21-11-15(17)4-7-20-10-15/h3,5H,4,6-11H2,1-2H3/t15-/m0/s1. The molecule has 2 fully saturated rings. The van der Waals surface area contributed by atoms with Gasteiger partial charge in [-0.2, -0.15) is 0 Å². The molecule has 0 unspecified atom stereocenters. The van der Waals surface area contributed by atoms with Crippen molar-refractivity contribution in [2.45, 2.75) is 18.5 Å². The maximum atomic E-state index is 5.68. The Kier molecular flexibility index (Phi) is 4.28. The van der Waals surface area contributed by atoms with Gasteiger partial charge in [-0.3, -0.25) is 9.88 Å². The lowest BCUT2D eigenvalue weighted by Crippen LogP contribution is -2.57. The molecular formula is C15H22N2O4. The van der Waals surface area contributed by atoms with Crippen LogP contribution in [0.5, 0.6) is 11.5 Å². The first kappa shape index (κ1) is 14.6. The Morgan fingerprint density at radius 1 is 1.24 bits per heavy atom. The Morgan fingerprint density at radius 3 is 2.76 bits per heavy atom. The number of nitrogens with zero attached hydrogens (tertiary/aromatic N) is 2. The van der Waals surface area contributed by atoms with E-state index in [2.05, 4.69) is 9.88 Å². The summed E-state index contributed by atoms with van der Waals surface area (Å²) in [4.78, 5) is 6.89. The first-order chi connectivity index (χ1) is 10.3. The van der Waals surface area contributed by atoms with Gasteiger partial charge in [-0.25, -0.2) is 0 Å². The van der Waals surface area contributed by atoms with Gasteiger partial charge < -0.3 is 18.9 Å². The third kappa shape index (κ3) is 2.71. The van der Waals surface area contributed by atoms with Gasteiger partial charge in [0.15, 0.2) is 11.5 Å². The molecule has 2 saturated heterocycles. The van der Waals surface area contributed by atoms with Crippen molar-refractivity contribution < 1.29 is 18.9 Å². The van der Waals surface area contributed by atoms with Crippen molar-refractivity contribution in [3.8, 4) is 11.5 Å². The second-order valence-electron chi connectivity index (χ2n) is 5.49. The van der Waals surface area contributed by atoms with Crippen LogP contribution in [0.1, 0.15) is 12.1 Å². The Bertz CT molecular complexity index is 489. The molecule has 0 aromatic carbocycles. The fourth-order valence-electron chi connectivity index (χ4n) is 3.12. The summed E-state index contributed by atoms with van der Waals surface area (Å²) in [5.41, 5.74) is 0.874. The molecule has 2 aliphatic rings. The van der Waals surface area contributed by atoms with Gasteiger partial charge in [0.05, 0.1) is 39.6 Å². The average molecular weight is 294 g/mol. The highest BCUT2D eigenvalue weighted by Crippen LogP contribution is 2.34. The maximum absolute atomic E-state index is 5.68. The van der Waals surface area contributed by atoms with Crippen LogP contribution < -0.4 is 9.47 Å². The molecule has 1 aromatic rings. The number of methoxy groups -OCH3 is 2. The van der Waals surface area contributed by atoms with E-state index < -0.39 is 0 Å². The fourth-order valence-corrected chi connectivity index (χ4v) is 3.12. The summed E-state index contributed by atoms with van der Waals surface area (Å²) in [5, 5.41) is 0. The zero-order valence-electron chi connectivity index (χ0n) is 12.6. The first-order valence-corrected chi connectivity index (χ1v) is 7.25. The molecule has 0 radical (unpaired) electrons. The Balaban J connectivity index is 1.85. The zero-order chi connectivity index (χ0) is 14.7. The SMILES string of the molecule is COc1ccnc(CN2CCOC[C@@]23CCOC3)c1OC. The molecule has 2 aliphatic heterocycles. The van der Waals surface area contributed by atoms with Gasteiger partial charge in [0, 0.05) is 32.0 Å². The van der Waals surface area contributed by atoms with Gasteiger partial charge in [0.25, 0.3) is 0 Å². The van der Waals surface area contributed by atoms with E-state index in [4.69, 9.17) is 18.9 Å². The van der Waals surface area contributed by atoms with Crippen molar-refractivity contribution in [1.82, 2.24) is 9.88 Å². The van der Waals surface area contributed by atoms with E-state index in [1.54, 1.807) is 20.4 Å². The van der Waals surface area contributed by atoms with Crippen molar-refractivity contribution in [2.75, 3.05) is 47.2 Å². The summed E-state index contributed by atoms with van der Waals surface area (Å²) in [6.45, 7) is 4.58. The molecule has 6 heteroatoms. The van der Waals surface area contributed by atoms with Crippen molar-refractivity contribution in [3.05, 3.63) is 18.0 Å². The number of hydrogen-bond acceptors (Lipinski definition) is 6. The second kappa shape index (κ2) is 6.17. The number of hydrogen-bond donors (Lipinski definition) is 0. The molecule has 21 heavy (non-hydrogen) atoms. The van der Waals surface area contributed by atoms with Crippen LogP contribution in [0.15, 0.2) is 12.3 Å². The highest BCUT2D eigenvalue weighted by molar-refractivity contribution is 5.42. The predicted octanol–water partition coefficient (Wildman–Crippen LogP) is 1.09. The van der Waals surface area contributed by atoms with Crippen LogP contribution in [0.25, 0.3) is 0 Å². The monoisotopic (exact) mass is 294 g/mol. The molecule has 0 aliphatic carbocycles. The summed E-state index contributed by atoms with van der Waals surface area (Å²) in [6, 6.07) is 1.82. The van der Waals surface area contributed by atoms with E-state index in [1.165, 1.54) is 0 Å². The minimum absolute atomic E-state index is 0.0198. The summed E-state index contributed by atoms with van der Waals surface area (Å²) in [7, 11) is 3.29. The largest absolute Gasteiger partial charge is 0.493 e. The van der Waals surface area contributed by atoms with E-state index >= 15 is 0 Å². The molecule has 3 rings (SSSR count). The first-order valence-electron chi connectivity index (χ1n) is 7.25. The Morgan fingerprint density at radius 2 is 2.05 bits per heavy atom. The van der Waals surface area contributed by atoms with E-state index in [1.807, 2.05) is 6.07 Å². The summed E-state index contributed by atoms with van der Waals surface area (Å²) >= 11 is 0. The van der Waals surface area contributed by atoms with E-state index in [9.17, 15) is 0 Å². The molecule has 0 bridgehead atoms. The smallest absolute Gasteiger partial charge is 0.183 e. The van der Waals surface area contributed by atoms with Crippen molar-refractivity contribution in [2.24, 2.45) is 0 Å². The van der Waals surface area contributed by atoms with Crippen LogP contribution in [0.3, 0.4) is 0 Å². The fraction of sp³-hybridized carbons (Fsp3) is 0.667. The van der Waals surface area contributed by atoms with Gasteiger partial charge in [-0.15, -0.1) is 0 Å². The van der Waals surface area contributed by atoms with Crippen molar-refractivity contribution in [3.63, 3.8) is 0 Å². The van der Waals surface area contributed by atoms with Crippen LogP contribution in [0, 0.1) is 0 Å². The minimum Gasteiger partial charge on any atom is -0.493 e. The average Bonchev–Trinajstić information content (AvgIpc) is 2.98. The molecule has 0 amide bonds. The van der Waals surface area contributed by atoms with Crippen LogP contribution in [-0.2, 0) is 16.0 Å². The molecule has 1 spiro atoms. The molecule has 1 aromatic heterocycles. The molecule has 116 valence electrons. The third-order valence-electron chi connectivity index (χ3n) is 4.34. The summed E-state index contributed by atoms with van der Waals surface area (Å²) in [5.74, 6) is 1.42. The van der Waals surface area contributed by atoms with Gasteiger partial charge in [0.2, 0.25) is 0 Å².